The van der Waals surface area contributed by atoms with E-state index in [1.165, 1.54) is 17.7 Å². The molecule has 24 heavy (non-hydrogen) atoms. The highest BCUT2D eigenvalue weighted by molar-refractivity contribution is 5.97. The molecule has 0 radical (unpaired) electrons. The lowest BCUT2D eigenvalue weighted by Gasteiger charge is -2.34. The highest BCUT2D eigenvalue weighted by Crippen LogP contribution is 2.38. The van der Waals surface area contributed by atoms with E-state index < -0.39 is 0 Å². The Kier molecular flexibility index (Phi) is 4.41. The molecule has 2 aromatic heterocycles. The minimum Gasteiger partial charge on any atom is -0.461 e. The predicted octanol–water partition coefficient (Wildman–Crippen LogP) is 4.45. The first-order valence-electron chi connectivity index (χ1n) is 9.05. The zero-order valence-corrected chi connectivity index (χ0v) is 15.5. The highest BCUT2D eigenvalue weighted by Gasteiger charge is 2.30. The topological polar surface area (TPSA) is 55.0 Å². The molecule has 1 aliphatic rings. The molecular weight excluding hydrogens is 300 g/mol. The summed E-state index contributed by atoms with van der Waals surface area (Å²) in [5.74, 6) is 0.396. The lowest BCUT2D eigenvalue weighted by molar-refractivity contribution is 0.0519. The summed E-state index contributed by atoms with van der Waals surface area (Å²) >= 11 is 0. The molecule has 0 aromatic carbocycles. The predicted molar refractivity (Wildman–Crippen MR) is 96.4 cm³/mol. The smallest absolute Gasteiger partial charge is 0.355 e. The molecule has 130 valence electrons. The second-order valence-electron chi connectivity index (χ2n) is 7.85. The number of aryl methyl sites for hydroxylation is 2. The number of hydrogen-bond acceptors (Lipinski definition) is 3. The first-order valence-corrected chi connectivity index (χ1v) is 9.05. The van der Waals surface area contributed by atoms with Gasteiger partial charge in [0.15, 0.2) is 0 Å². The van der Waals surface area contributed by atoms with E-state index >= 15 is 0 Å². The van der Waals surface area contributed by atoms with Crippen LogP contribution < -0.4 is 0 Å². The number of nitrogens with zero attached hydrogens (tertiary/aromatic N) is 1. The van der Waals surface area contributed by atoms with Crippen LogP contribution in [0.5, 0.6) is 0 Å². The van der Waals surface area contributed by atoms with Crippen molar-refractivity contribution in [2.24, 2.45) is 11.3 Å². The van der Waals surface area contributed by atoms with Crippen molar-refractivity contribution < 1.29 is 9.53 Å². The Bertz CT molecular complexity index is 768. The van der Waals surface area contributed by atoms with Crippen molar-refractivity contribution in [2.75, 3.05) is 6.61 Å². The summed E-state index contributed by atoms with van der Waals surface area (Å²) in [6.07, 6.45) is 4.05. The average molecular weight is 328 g/mol. The van der Waals surface area contributed by atoms with Gasteiger partial charge in [-0.15, -0.1) is 0 Å². The van der Waals surface area contributed by atoms with Gasteiger partial charge in [-0.3, -0.25) is 4.98 Å². The van der Waals surface area contributed by atoms with Crippen molar-refractivity contribution >= 4 is 17.0 Å². The van der Waals surface area contributed by atoms with E-state index in [-0.39, 0.29) is 5.97 Å². The van der Waals surface area contributed by atoms with Crippen molar-refractivity contribution in [1.82, 2.24) is 9.97 Å². The van der Waals surface area contributed by atoms with Crippen LogP contribution in [0.1, 0.15) is 68.3 Å². The molecule has 0 bridgehead atoms. The van der Waals surface area contributed by atoms with Crippen molar-refractivity contribution in [3.8, 4) is 0 Å². The molecule has 4 nitrogen and oxygen atoms in total. The summed E-state index contributed by atoms with van der Waals surface area (Å²) in [7, 11) is 0. The largest absolute Gasteiger partial charge is 0.461 e. The van der Waals surface area contributed by atoms with E-state index in [1.807, 2.05) is 6.92 Å². The normalized spacial score (nSPS) is 17.8. The maximum Gasteiger partial charge on any atom is 0.355 e. The third-order valence-electron chi connectivity index (χ3n) is 5.29. The van der Waals surface area contributed by atoms with Crippen LogP contribution >= 0.6 is 0 Å². The van der Waals surface area contributed by atoms with Crippen molar-refractivity contribution in [3.63, 3.8) is 0 Å². The molecule has 0 spiro atoms. The maximum atomic E-state index is 12.2. The van der Waals surface area contributed by atoms with Gasteiger partial charge in [-0.1, -0.05) is 27.7 Å². The summed E-state index contributed by atoms with van der Waals surface area (Å²) in [6.45, 7) is 11.2. The number of rotatable bonds is 3. The minimum atomic E-state index is -0.280. The van der Waals surface area contributed by atoms with E-state index in [9.17, 15) is 4.79 Å². The third-order valence-corrected chi connectivity index (χ3v) is 5.29. The van der Waals surface area contributed by atoms with Crippen LogP contribution in [0.2, 0.25) is 0 Å². The Labute approximate surface area is 144 Å². The highest BCUT2D eigenvalue weighted by atomic mass is 16.5. The monoisotopic (exact) mass is 328 g/mol. The van der Waals surface area contributed by atoms with E-state index in [2.05, 4.69) is 38.7 Å². The van der Waals surface area contributed by atoms with Crippen LogP contribution in [0, 0.1) is 11.3 Å². The number of nitrogens with one attached hydrogen (secondary N) is 1. The molecule has 2 aromatic rings. The summed E-state index contributed by atoms with van der Waals surface area (Å²) < 4.78 is 5.19. The number of H-pyrrole nitrogens is 1. The van der Waals surface area contributed by atoms with Crippen molar-refractivity contribution in [2.45, 2.75) is 60.3 Å². The Hall–Kier alpha value is -1.84. The van der Waals surface area contributed by atoms with Gasteiger partial charge >= 0.3 is 5.97 Å². The molecule has 2 heterocycles. The molecule has 3 rings (SSSR count). The van der Waals surface area contributed by atoms with Crippen LogP contribution in [0.15, 0.2) is 6.07 Å². The molecular formula is C20H28N2O2. The van der Waals surface area contributed by atoms with Gasteiger partial charge < -0.3 is 9.72 Å². The number of ether oxygens (including phenoxy) is 1. The molecule has 1 atom stereocenters. The van der Waals surface area contributed by atoms with Crippen molar-refractivity contribution in [3.05, 3.63) is 28.6 Å². The van der Waals surface area contributed by atoms with Gasteiger partial charge in [0.05, 0.1) is 17.6 Å². The summed E-state index contributed by atoms with van der Waals surface area (Å²) in [5, 5.41) is 0. The molecule has 0 aliphatic heterocycles. The Balaban J connectivity index is 2.05. The average Bonchev–Trinajstić information content (AvgIpc) is 2.89. The van der Waals surface area contributed by atoms with Crippen LogP contribution in [0.3, 0.4) is 0 Å². The van der Waals surface area contributed by atoms with Crippen LogP contribution in [-0.4, -0.2) is 22.5 Å². The molecule has 1 N–H and O–H groups in total. The second kappa shape index (κ2) is 6.23. The van der Waals surface area contributed by atoms with Gasteiger partial charge in [0.2, 0.25) is 0 Å². The van der Waals surface area contributed by atoms with Crippen LogP contribution in [0.25, 0.3) is 11.0 Å². The lowest BCUT2D eigenvalue weighted by Crippen LogP contribution is -2.27. The standard InChI is InChI=1S/C20H28N2O2/c1-6-14-17-16(22-18(14)19(23)24-7-2)11-12-10-13(20(3,4)5)8-9-15(12)21-17/h11,13,22H,6-10H2,1-5H3. The van der Waals surface area contributed by atoms with E-state index in [1.54, 1.807) is 0 Å². The molecule has 4 heteroatoms. The fraction of sp³-hybridized carbons (Fsp3) is 0.600. The van der Waals surface area contributed by atoms with Gasteiger partial charge in [0.25, 0.3) is 0 Å². The molecule has 0 amide bonds. The van der Waals surface area contributed by atoms with Gasteiger partial charge in [-0.05, 0) is 55.6 Å². The molecule has 0 saturated carbocycles. The summed E-state index contributed by atoms with van der Waals surface area (Å²) in [4.78, 5) is 20.4. The minimum absolute atomic E-state index is 0.280. The van der Waals surface area contributed by atoms with Crippen LogP contribution in [-0.2, 0) is 24.0 Å². The van der Waals surface area contributed by atoms with E-state index in [4.69, 9.17) is 9.72 Å². The zero-order valence-electron chi connectivity index (χ0n) is 15.5. The van der Waals surface area contributed by atoms with Gasteiger partial charge in [0, 0.05) is 11.3 Å². The molecule has 1 unspecified atom stereocenters. The number of fused-ring (bicyclic) bond motifs is 2. The van der Waals surface area contributed by atoms with Crippen LogP contribution in [0.4, 0.5) is 0 Å². The number of hydrogen-bond donors (Lipinski definition) is 1. The van der Waals surface area contributed by atoms with Gasteiger partial charge in [-0.2, -0.15) is 0 Å². The molecule has 0 saturated heterocycles. The fourth-order valence-corrected chi connectivity index (χ4v) is 3.78. The van der Waals surface area contributed by atoms with Gasteiger partial charge in [0.1, 0.15) is 5.69 Å². The summed E-state index contributed by atoms with van der Waals surface area (Å²) in [6, 6.07) is 2.21. The fourth-order valence-electron chi connectivity index (χ4n) is 3.78. The number of aromatic nitrogens is 2. The number of esters is 1. The SMILES string of the molecule is CCOC(=O)c1[nH]c2cc3c(nc2c1CC)CCC(C(C)(C)C)C3. The third kappa shape index (κ3) is 2.94. The molecule has 0 fully saturated rings. The zero-order chi connectivity index (χ0) is 17.5. The van der Waals surface area contributed by atoms with E-state index in [0.717, 1.165) is 35.9 Å². The van der Waals surface area contributed by atoms with E-state index in [0.29, 0.717) is 23.6 Å². The maximum absolute atomic E-state index is 12.2. The number of carbonyl (C=O) groups is 1. The number of carbonyl (C=O) groups excluding carboxylic acids is 1. The van der Waals surface area contributed by atoms with Gasteiger partial charge in [-0.25, -0.2) is 4.79 Å². The Morgan fingerprint density at radius 2 is 2.12 bits per heavy atom. The quantitative estimate of drug-likeness (QED) is 0.847. The Morgan fingerprint density at radius 1 is 1.38 bits per heavy atom. The Morgan fingerprint density at radius 3 is 2.75 bits per heavy atom. The first kappa shape index (κ1) is 17.0. The first-order chi connectivity index (χ1) is 11.3. The lowest BCUT2D eigenvalue weighted by atomic mass is 9.71. The second-order valence-corrected chi connectivity index (χ2v) is 7.85. The van der Waals surface area contributed by atoms with Crippen molar-refractivity contribution in [1.29, 1.82) is 0 Å². The number of aromatic amines is 1. The summed E-state index contributed by atoms with van der Waals surface area (Å²) in [5.41, 5.74) is 6.28. The number of pyridine rings is 1. The molecule has 1 aliphatic carbocycles.